The molecule has 0 saturated carbocycles. The number of carboxylic acid groups (broad SMARTS) is 1. The number of carboxylic acids is 1. The monoisotopic (exact) mass is 348 g/mol. The predicted octanol–water partition coefficient (Wildman–Crippen LogP) is 2.02. The van der Waals surface area contributed by atoms with E-state index in [-0.39, 0.29) is 31.6 Å². The van der Waals surface area contributed by atoms with E-state index in [1.165, 1.54) is 12.7 Å². The zero-order valence-electron chi connectivity index (χ0n) is 14.3. The van der Waals surface area contributed by atoms with Gasteiger partial charge in [-0.15, -0.1) is 0 Å². The first-order valence-electron chi connectivity index (χ1n) is 8.44. The molecule has 1 amide bonds. The molecule has 1 heterocycles. The van der Waals surface area contributed by atoms with Gasteiger partial charge in [0.15, 0.2) is 0 Å². The van der Waals surface area contributed by atoms with E-state index in [2.05, 4.69) is 10.6 Å². The summed E-state index contributed by atoms with van der Waals surface area (Å²) in [4.78, 5) is 34.4. The van der Waals surface area contributed by atoms with E-state index in [1.807, 2.05) is 18.2 Å². The van der Waals surface area contributed by atoms with Gasteiger partial charge in [-0.3, -0.25) is 14.4 Å². The van der Waals surface area contributed by atoms with Gasteiger partial charge in [0.25, 0.3) is 0 Å². The highest BCUT2D eigenvalue weighted by Crippen LogP contribution is 2.27. The molecule has 1 atom stereocenters. The van der Waals surface area contributed by atoms with Gasteiger partial charge < -0.3 is 20.5 Å². The normalized spacial score (nSPS) is 14.0. The average molecular weight is 348 g/mol. The molecule has 0 bridgehead atoms. The van der Waals surface area contributed by atoms with Crippen LogP contribution >= 0.6 is 0 Å². The molecular weight excluding hydrogens is 324 g/mol. The number of aryl methyl sites for hydroxylation is 1. The first kappa shape index (κ1) is 18.8. The Morgan fingerprint density at radius 3 is 2.84 bits per heavy atom. The maximum atomic E-state index is 12.1. The highest BCUT2D eigenvalue weighted by atomic mass is 16.5. The van der Waals surface area contributed by atoms with Gasteiger partial charge in [0.1, 0.15) is 0 Å². The first-order chi connectivity index (χ1) is 12.0. The minimum Gasteiger partial charge on any atom is -0.481 e. The van der Waals surface area contributed by atoms with Crippen molar-refractivity contribution in [2.75, 3.05) is 19.0 Å². The highest BCUT2D eigenvalue weighted by Gasteiger charge is 2.20. The number of anilines is 1. The molecule has 3 N–H and O–H groups in total. The van der Waals surface area contributed by atoms with E-state index in [9.17, 15) is 14.4 Å². The fourth-order valence-corrected chi connectivity index (χ4v) is 2.88. The topological polar surface area (TPSA) is 105 Å². The van der Waals surface area contributed by atoms with Crippen molar-refractivity contribution >= 4 is 23.5 Å². The fourth-order valence-electron chi connectivity index (χ4n) is 2.88. The van der Waals surface area contributed by atoms with Crippen LogP contribution in [0.2, 0.25) is 0 Å². The number of ether oxygens (including phenoxy) is 1. The molecule has 136 valence electrons. The van der Waals surface area contributed by atoms with Crippen LogP contribution in [0.3, 0.4) is 0 Å². The number of aliphatic carboxylic acids is 1. The van der Waals surface area contributed by atoms with Crippen molar-refractivity contribution in [3.8, 4) is 0 Å². The van der Waals surface area contributed by atoms with Gasteiger partial charge in [0.2, 0.25) is 5.91 Å². The molecule has 0 aliphatic carbocycles. The van der Waals surface area contributed by atoms with Crippen LogP contribution in [0.5, 0.6) is 0 Å². The van der Waals surface area contributed by atoms with Crippen LogP contribution in [0, 0.1) is 0 Å². The number of amides is 1. The van der Waals surface area contributed by atoms with Crippen molar-refractivity contribution < 1.29 is 24.2 Å². The molecule has 1 aliphatic heterocycles. The molecule has 2 rings (SSSR count). The predicted molar refractivity (Wildman–Crippen MR) is 92.3 cm³/mol. The number of fused-ring (bicyclic) bond motifs is 1. The largest absolute Gasteiger partial charge is 0.481 e. The summed E-state index contributed by atoms with van der Waals surface area (Å²) in [6.07, 6.45) is 2.34. The maximum absolute atomic E-state index is 12.1. The van der Waals surface area contributed by atoms with Crippen LogP contribution in [0.4, 0.5) is 5.69 Å². The van der Waals surface area contributed by atoms with Crippen molar-refractivity contribution in [3.63, 3.8) is 0 Å². The Balaban J connectivity index is 2.08. The van der Waals surface area contributed by atoms with Gasteiger partial charge in [-0.25, -0.2) is 0 Å². The average Bonchev–Trinajstić information content (AvgIpc) is 2.60. The number of carbonyl (C=O) groups is 3. The summed E-state index contributed by atoms with van der Waals surface area (Å²) in [6, 6.07) is 5.37. The van der Waals surface area contributed by atoms with Gasteiger partial charge in [-0.05, 0) is 36.5 Å². The van der Waals surface area contributed by atoms with Crippen molar-refractivity contribution in [3.05, 3.63) is 29.3 Å². The van der Waals surface area contributed by atoms with Gasteiger partial charge in [-0.2, -0.15) is 0 Å². The number of rotatable bonds is 8. The van der Waals surface area contributed by atoms with E-state index in [0.29, 0.717) is 0 Å². The minimum absolute atomic E-state index is 0.0351. The quantitative estimate of drug-likeness (QED) is 0.621. The third kappa shape index (κ3) is 5.77. The minimum atomic E-state index is -0.930. The number of hydrogen-bond donors (Lipinski definition) is 3. The van der Waals surface area contributed by atoms with Gasteiger partial charge in [-0.1, -0.05) is 12.1 Å². The van der Waals surface area contributed by atoms with Crippen LogP contribution < -0.4 is 10.6 Å². The van der Waals surface area contributed by atoms with Crippen LogP contribution in [0.25, 0.3) is 0 Å². The molecule has 7 heteroatoms. The summed E-state index contributed by atoms with van der Waals surface area (Å²) in [7, 11) is 1.31. The lowest BCUT2D eigenvalue weighted by Gasteiger charge is -2.23. The molecule has 0 fully saturated rings. The van der Waals surface area contributed by atoms with Gasteiger partial charge in [0.05, 0.1) is 19.6 Å². The molecule has 25 heavy (non-hydrogen) atoms. The summed E-state index contributed by atoms with van der Waals surface area (Å²) in [5.41, 5.74) is 3.10. The number of benzene rings is 1. The second kappa shape index (κ2) is 9.05. The second-order valence-electron chi connectivity index (χ2n) is 6.09. The Morgan fingerprint density at radius 1 is 1.32 bits per heavy atom. The molecule has 0 spiro atoms. The molecule has 0 saturated heterocycles. The number of hydrogen-bond acceptors (Lipinski definition) is 5. The molecule has 0 aromatic heterocycles. The molecule has 0 radical (unpaired) electrons. The first-order valence-corrected chi connectivity index (χ1v) is 8.44. The number of carbonyl (C=O) groups excluding carboxylic acids is 2. The highest BCUT2D eigenvalue weighted by molar-refractivity contribution is 5.78. The summed E-state index contributed by atoms with van der Waals surface area (Å²) in [5.74, 6) is -1.61. The van der Waals surface area contributed by atoms with Crippen LogP contribution in [-0.2, 0) is 25.5 Å². The van der Waals surface area contributed by atoms with Crippen molar-refractivity contribution in [2.24, 2.45) is 0 Å². The third-order valence-corrected chi connectivity index (χ3v) is 4.20. The summed E-state index contributed by atoms with van der Waals surface area (Å²) >= 11 is 0. The molecule has 7 nitrogen and oxygen atoms in total. The van der Waals surface area contributed by atoms with Crippen LogP contribution in [0.1, 0.15) is 49.3 Å². The van der Waals surface area contributed by atoms with Crippen LogP contribution in [-0.4, -0.2) is 36.6 Å². The molecular formula is C18H24N2O5. The molecule has 1 unspecified atom stereocenters. The molecule has 1 aliphatic rings. The Hall–Kier alpha value is -2.57. The van der Waals surface area contributed by atoms with E-state index in [4.69, 9.17) is 9.84 Å². The second-order valence-corrected chi connectivity index (χ2v) is 6.09. The standard InChI is InChI=1S/C18H24N2O5/c1-25-18(24)11-15(20-16(21)5-2-6-17(22)23)13-7-8-14-12(10-13)4-3-9-19-14/h7-8,10,15,19H,2-6,9,11H2,1H3,(H,20,21)(H,22,23). The summed E-state index contributed by atoms with van der Waals surface area (Å²) in [6.45, 7) is 0.943. The zero-order chi connectivity index (χ0) is 18.2. The third-order valence-electron chi connectivity index (χ3n) is 4.20. The molecule has 1 aromatic carbocycles. The zero-order valence-corrected chi connectivity index (χ0v) is 14.3. The lowest BCUT2D eigenvalue weighted by molar-refractivity contribution is -0.141. The molecule has 1 aromatic rings. The lowest BCUT2D eigenvalue weighted by Crippen LogP contribution is -2.30. The Morgan fingerprint density at radius 2 is 2.12 bits per heavy atom. The Labute approximate surface area is 146 Å². The Bertz CT molecular complexity index is 644. The van der Waals surface area contributed by atoms with E-state index >= 15 is 0 Å². The number of methoxy groups -OCH3 is 1. The van der Waals surface area contributed by atoms with Crippen LogP contribution in [0.15, 0.2) is 18.2 Å². The van der Waals surface area contributed by atoms with Crippen molar-refractivity contribution in [2.45, 2.75) is 44.6 Å². The van der Waals surface area contributed by atoms with Gasteiger partial charge >= 0.3 is 11.9 Å². The number of nitrogens with one attached hydrogen (secondary N) is 2. The lowest BCUT2D eigenvalue weighted by atomic mass is 9.96. The maximum Gasteiger partial charge on any atom is 0.307 e. The van der Waals surface area contributed by atoms with Crippen molar-refractivity contribution in [1.29, 1.82) is 0 Å². The van der Waals surface area contributed by atoms with Gasteiger partial charge in [0, 0.05) is 25.1 Å². The smallest absolute Gasteiger partial charge is 0.307 e. The Kier molecular flexibility index (Phi) is 6.80. The van der Waals surface area contributed by atoms with E-state index in [0.717, 1.165) is 30.6 Å². The SMILES string of the molecule is COC(=O)CC(NC(=O)CCCC(=O)O)c1ccc2c(c1)CCCN2. The summed E-state index contributed by atoms with van der Waals surface area (Å²) in [5, 5.41) is 14.8. The summed E-state index contributed by atoms with van der Waals surface area (Å²) < 4.78 is 4.73. The van der Waals surface area contributed by atoms with Crippen molar-refractivity contribution in [1.82, 2.24) is 5.32 Å². The number of esters is 1. The fraction of sp³-hybridized carbons (Fsp3) is 0.500. The van der Waals surface area contributed by atoms with E-state index in [1.54, 1.807) is 0 Å². The van der Waals surface area contributed by atoms with E-state index < -0.39 is 18.0 Å².